The molecule has 1 aromatic heterocycles. The quantitative estimate of drug-likeness (QED) is 0.583. The van der Waals surface area contributed by atoms with E-state index in [-0.39, 0.29) is 34.9 Å². The van der Waals surface area contributed by atoms with Gasteiger partial charge in [0.25, 0.3) is 0 Å². The molecule has 2 aromatic rings. The maximum absolute atomic E-state index is 14.4. The number of aromatic nitrogens is 2. The summed E-state index contributed by atoms with van der Waals surface area (Å²) in [6.45, 7) is -0.277. The van der Waals surface area contributed by atoms with Crippen LogP contribution in [0.25, 0.3) is 11.3 Å². The molecule has 24 heavy (non-hydrogen) atoms. The monoisotopic (exact) mass is 361 g/mol. The first-order chi connectivity index (χ1) is 11.2. The Morgan fingerprint density at radius 3 is 2.67 bits per heavy atom. The molecule has 0 radical (unpaired) electrons. The Bertz CT molecular complexity index is 780. The highest BCUT2D eigenvalue weighted by molar-refractivity contribution is 6.31. The van der Waals surface area contributed by atoms with Crippen molar-refractivity contribution in [2.24, 2.45) is 7.05 Å². The third-order valence-electron chi connectivity index (χ3n) is 3.23. The fourth-order valence-electron chi connectivity index (χ4n) is 2.14. The largest absolute Gasteiger partial charge is 0.492 e. The van der Waals surface area contributed by atoms with E-state index >= 15 is 0 Å². The molecular weight excluding hydrogens is 350 g/mol. The van der Waals surface area contributed by atoms with Gasteiger partial charge in [-0.15, -0.1) is 0 Å². The van der Waals surface area contributed by atoms with Crippen LogP contribution in [0.4, 0.5) is 17.6 Å². The Balaban J connectivity index is 2.35. The molecule has 1 aromatic carbocycles. The Kier molecular flexibility index (Phi) is 5.34. The van der Waals surface area contributed by atoms with Crippen molar-refractivity contribution >= 4 is 11.6 Å². The second-order valence-corrected chi connectivity index (χ2v) is 5.35. The van der Waals surface area contributed by atoms with Crippen molar-refractivity contribution in [3.63, 3.8) is 0 Å². The molecule has 0 saturated carbocycles. The number of aryl methyl sites for hydroxylation is 1. The average Bonchev–Trinajstić information content (AvgIpc) is 2.91. The van der Waals surface area contributed by atoms with Gasteiger partial charge >= 0.3 is 6.18 Å². The van der Waals surface area contributed by atoms with E-state index in [1.165, 1.54) is 16.9 Å². The zero-order chi connectivity index (χ0) is 17.9. The molecular formula is C15H12ClF4N3O. The SMILES string of the molecule is Cn1nccc1-c1c(F)c(Cl)cc(OCCCC(F)(F)F)c1C#N. The summed E-state index contributed by atoms with van der Waals surface area (Å²) in [6, 6.07) is 4.39. The van der Waals surface area contributed by atoms with Crippen LogP contribution in [-0.2, 0) is 7.05 Å². The van der Waals surface area contributed by atoms with Gasteiger partial charge in [-0.05, 0) is 12.5 Å². The van der Waals surface area contributed by atoms with E-state index in [4.69, 9.17) is 16.3 Å². The first-order valence-electron chi connectivity index (χ1n) is 6.84. The van der Waals surface area contributed by atoms with Crippen LogP contribution in [-0.4, -0.2) is 22.6 Å². The van der Waals surface area contributed by atoms with Crippen LogP contribution < -0.4 is 4.74 Å². The lowest BCUT2D eigenvalue weighted by Gasteiger charge is -2.14. The summed E-state index contributed by atoms with van der Waals surface area (Å²) in [5, 5.41) is 12.9. The number of alkyl halides is 3. The summed E-state index contributed by atoms with van der Waals surface area (Å²) < 4.78 is 57.4. The first-order valence-corrected chi connectivity index (χ1v) is 7.22. The Labute approximate surface area is 140 Å². The molecule has 0 N–H and O–H groups in total. The average molecular weight is 362 g/mol. The predicted octanol–water partition coefficient (Wildman–Crippen LogP) is 4.47. The molecule has 0 aliphatic heterocycles. The van der Waals surface area contributed by atoms with Gasteiger partial charge in [-0.25, -0.2) is 4.39 Å². The van der Waals surface area contributed by atoms with Gasteiger partial charge < -0.3 is 4.74 Å². The lowest BCUT2D eigenvalue weighted by Crippen LogP contribution is -2.10. The molecule has 4 nitrogen and oxygen atoms in total. The van der Waals surface area contributed by atoms with Crippen LogP contribution >= 0.6 is 11.6 Å². The molecule has 0 aliphatic carbocycles. The molecule has 128 valence electrons. The smallest absolute Gasteiger partial charge is 0.389 e. The molecule has 0 atom stereocenters. The molecule has 0 unspecified atom stereocenters. The van der Waals surface area contributed by atoms with E-state index in [0.29, 0.717) is 5.69 Å². The molecule has 0 amide bonds. The predicted molar refractivity (Wildman–Crippen MR) is 79.1 cm³/mol. The van der Waals surface area contributed by atoms with Gasteiger partial charge in [0.05, 0.1) is 22.9 Å². The van der Waals surface area contributed by atoms with Crippen molar-refractivity contribution in [1.82, 2.24) is 9.78 Å². The Morgan fingerprint density at radius 1 is 1.42 bits per heavy atom. The van der Waals surface area contributed by atoms with Crippen molar-refractivity contribution in [3.8, 4) is 23.1 Å². The summed E-state index contributed by atoms with van der Waals surface area (Å²) in [7, 11) is 1.56. The number of ether oxygens (including phenoxy) is 1. The maximum Gasteiger partial charge on any atom is 0.389 e. The first kappa shape index (κ1) is 18.1. The van der Waals surface area contributed by atoms with Crippen LogP contribution in [0, 0.1) is 17.1 Å². The normalized spacial score (nSPS) is 11.4. The van der Waals surface area contributed by atoms with E-state index < -0.39 is 18.4 Å². The van der Waals surface area contributed by atoms with Crippen molar-refractivity contribution < 1.29 is 22.3 Å². The van der Waals surface area contributed by atoms with Gasteiger partial charge in [-0.2, -0.15) is 23.5 Å². The number of rotatable bonds is 5. The van der Waals surface area contributed by atoms with Crippen molar-refractivity contribution in [1.29, 1.82) is 5.26 Å². The minimum atomic E-state index is -4.29. The zero-order valence-corrected chi connectivity index (χ0v) is 13.2. The van der Waals surface area contributed by atoms with E-state index in [2.05, 4.69) is 5.10 Å². The number of benzene rings is 1. The van der Waals surface area contributed by atoms with E-state index in [1.54, 1.807) is 7.05 Å². The highest BCUT2D eigenvalue weighted by Crippen LogP contribution is 2.37. The molecule has 1 heterocycles. The van der Waals surface area contributed by atoms with Gasteiger partial charge in [-0.3, -0.25) is 4.68 Å². The van der Waals surface area contributed by atoms with Crippen LogP contribution in [0.3, 0.4) is 0 Å². The van der Waals surface area contributed by atoms with Crippen LogP contribution in [0.5, 0.6) is 5.75 Å². The lowest BCUT2D eigenvalue weighted by molar-refractivity contribution is -0.136. The molecule has 0 saturated heterocycles. The third-order valence-corrected chi connectivity index (χ3v) is 3.51. The number of hydrogen-bond acceptors (Lipinski definition) is 3. The summed E-state index contributed by atoms with van der Waals surface area (Å²) in [5.41, 5.74) is 0.0509. The zero-order valence-electron chi connectivity index (χ0n) is 12.5. The lowest BCUT2D eigenvalue weighted by atomic mass is 10.0. The van der Waals surface area contributed by atoms with E-state index in [1.807, 2.05) is 6.07 Å². The minimum absolute atomic E-state index is 0.0673. The van der Waals surface area contributed by atoms with Crippen LogP contribution in [0.1, 0.15) is 18.4 Å². The highest BCUT2D eigenvalue weighted by Gasteiger charge is 2.26. The molecule has 2 rings (SSSR count). The van der Waals surface area contributed by atoms with Gasteiger partial charge in [0.15, 0.2) is 5.82 Å². The highest BCUT2D eigenvalue weighted by atomic mass is 35.5. The van der Waals surface area contributed by atoms with Crippen molar-refractivity contribution in [3.05, 3.63) is 34.7 Å². The van der Waals surface area contributed by atoms with Crippen molar-refractivity contribution in [2.45, 2.75) is 19.0 Å². The van der Waals surface area contributed by atoms with Crippen LogP contribution in [0.2, 0.25) is 5.02 Å². The molecule has 0 fully saturated rings. The topological polar surface area (TPSA) is 50.8 Å². The minimum Gasteiger partial charge on any atom is -0.492 e. The molecule has 0 spiro atoms. The summed E-state index contributed by atoms with van der Waals surface area (Å²) in [4.78, 5) is 0. The number of halogens is 5. The molecule has 9 heteroatoms. The maximum atomic E-state index is 14.4. The second-order valence-electron chi connectivity index (χ2n) is 4.94. The summed E-state index contributed by atoms with van der Waals surface area (Å²) >= 11 is 5.83. The Hall–Kier alpha value is -2.27. The van der Waals surface area contributed by atoms with Crippen LogP contribution in [0.15, 0.2) is 18.3 Å². The third kappa shape index (κ3) is 3.97. The summed E-state index contributed by atoms with van der Waals surface area (Å²) in [6.07, 6.45) is -4.18. The van der Waals surface area contributed by atoms with Gasteiger partial charge in [0.1, 0.15) is 17.4 Å². The molecule has 0 aliphatic rings. The van der Waals surface area contributed by atoms with E-state index in [9.17, 15) is 22.8 Å². The second kappa shape index (κ2) is 7.09. The number of nitriles is 1. The van der Waals surface area contributed by atoms with Gasteiger partial charge in [-0.1, -0.05) is 11.6 Å². The fourth-order valence-corrected chi connectivity index (χ4v) is 2.34. The fraction of sp³-hybridized carbons (Fsp3) is 0.333. The molecule has 0 bridgehead atoms. The van der Waals surface area contributed by atoms with Crippen molar-refractivity contribution in [2.75, 3.05) is 6.61 Å². The van der Waals surface area contributed by atoms with Gasteiger partial charge in [0, 0.05) is 25.7 Å². The van der Waals surface area contributed by atoms with Gasteiger partial charge in [0.2, 0.25) is 0 Å². The summed E-state index contributed by atoms with van der Waals surface area (Å²) in [5.74, 6) is -0.887. The Morgan fingerprint density at radius 2 is 2.12 bits per heavy atom. The number of nitrogens with zero attached hydrogens (tertiary/aromatic N) is 3. The van der Waals surface area contributed by atoms with E-state index in [0.717, 1.165) is 6.07 Å². The number of hydrogen-bond donors (Lipinski definition) is 0. The standard InChI is InChI=1S/C15H12ClF4N3O/c1-23-11(3-5-22-23)13-9(8-21)12(7-10(16)14(13)17)24-6-2-4-15(18,19)20/h3,5,7H,2,4,6H2,1H3.